The number of nitrogens with zero attached hydrogens (tertiary/aromatic N) is 1. The Labute approximate surface area is 101 Å². The highest BCUT2D eigenvalue weighted by Crippen LogP contribution is 2.29. The van der Waals surface area contributed by atoms with E-state index in [4.69, 9.17) is 9.47 Å². The first kappa shape index (κ1) is 13.4. The van der Waals surface area contributed by atoms with E-state index in [-0.39, 0.29) is 18.2 Å². The van der Waals surface area contributed by atoms with Crippen molar-refractivity contribution in [3.8, 4) is 5.75 Å². The summed E-state index contributed by atoms with van der Waals surface area (Å²) in [5, 5.41) is 10.9. The van der Waals surface area contributed by atoms with Crippen molar-refractivity contribution < 1.29 is 14.4 Å². The van der Waals surface area contributed by atoms with Gasteiger partial charge in [0.05, 0.1) is 11.5 Å². The number of ether oxygens (including phenoxy) is 2. The number of benzene rings is 1. The molecule has 0 aliphatic heterocycles. The van der Waals surface area contributed by atoms with Crippen molar-refractivity contribution in [2.75, 3.05) is 13.4 Å². The molecule has 0 saturated carbocycles. The van der Waals surface area contributed by atoms with E-state index >= 15 is 0 Å². The topological polar surface area (TPSA) is 61.6 Å². The van der Waals surface area contributed by atoms with Crippen LogP contribution in [-0.2, 0) is 4.74 Å². The number of hydrogen-bond donors (Lipinski definition) is 0. The number of unbranched alkanes of at least 4 members (excludes halogenated alkanes) is 1. The average Bonchev–Trinajstić information content (AvgIpc) is 2.28. The predicted octanol–water partition coefficient (Wildman–Crippen LogP) is 3.06. The first-order chi connectivity index (χ1) is 8.16. The second-order valence-corrected chi connectivity index (χ2v) is 3.70. The van der Waals surface area contributed by atoms with Gasteiger partial charge in [0.1, 0.15) is 0 Å². The Hall–Kier alpha value is -1.62. The molecule has 0 saturated heterocycles. The zero-order chi connectivity index (χ0) is 12.7. The summed E-state index contributed by atoms with van der Waals surface area (Å²) >= 11 is 0. The fourth-order valence-corrected chi connectivity index (χ4v) is 1.39. The Bertz CT molecular complexity index is 379. The molecule has 0 aromatic heterocycles. The van der Waals surface area contributed by atoms with Crippen LogP contribution in [0.5, 0.6) is 5.75 Å². The molecule has 0 atom stereocenters. The third kappa shape index (κ3) is 4.03. The molecule has 5 nitrogen and oxygen atoms in total. The van der Waals surface area contributed by atoms with E-state index in [1.54, 1.807) is 25.1 Å². The van der Waals surface area contributed by atoms with Gasteiger partial charge in [0, 0.05) is 5.56 Å². The largest absolute Gasteiger partial charge is 0.460 e. The Balaban J connectivity index is 2.58. The lowest BCUT2D eigenvalue weighted by atomic mass is 10.2. The SMILES string of the molecule is CCCCOCOc1cccc(C)c1[N+](=O)[O-]. The molecule has 0 N–H and O–H groups in total. The molecule has 0 unspecified atom stereocenters. The average molecular weight is 239 g/mol. The van der Waals surface area contributed by atoms with Gasteiger partial charge in [-0.05, 0) is 19.4 Å². The van der Waals surface area contributed by atoms with Crippen molar-refractivity contribution in [1.29, 1.82) is 0 Å². The molecule has 0 amide bonds. The number of nitro benzene ring substituents is 1. The molecule has 0 aliphatic rings. The van der Waals surface area contributed by atoms with Crippen molar-refractivity contribution in [3.63, 3.8) is 0 Å². The second kappa shape index (κ2) is 6.85. The molecule has 0 aliphatic carbocycles. The molecule has 1 aromatic carbocycles. The van der Waals surface area contributed by atoms with Crippen LogP contribution in [0.1, 0.15) is 25.3 Å². The zero-order valence-corrected chi connectivity index (χ0v) is 10.1. The van der Waals surface area contributed by atoms with Gasteiger partial charge in [-0.25, -0.2) is 0 Å². The van der Waals surface area contributed by atoms with E-state index in [1.807, 2.05) is 0 Å². The Kier molecular flexibility index (Phi) is 5.42. The maximum Gasteiger partial charge on any atom is 0.313 e. The maximum atomic E-state index is 10.9. The van der Waals surface area contributed by atoms with Crippen molar-refractivity contribution in [1.82, 2.24) is 0 Å². The first-order valence-corrected chi connectivity index (χ1v) is 5.61. The first-order valence-electron chi connectivity index (χ1n) is 5.61. The van der Waals surface area contributed by atoms with Crippen molar-refractivity contribution in [2.45, 2.75) is 26.7 Å². The molecule has 0 fully saturated rings. The molecular weight excluding hydrogens is 222 g/mol. The van der Waals surface area contributed by atoms with E-state index in [1.165, 1.54) is 0 Å². The van der Waals surface area contributed by atoms with Crippen LogP contribution in [0.2, 0.25) is 0 Å². The van der Waals surface area contributed by atoms with Gasteiger partial charge in [-0.15, -0.1) is 0 Å². The minimum Gasteiger partial charge on any atom is -0.460 e. The van der Waals surface area contributed by atoms with E-state index in [9.17, 15) is 10.1 Å². The van der Waals surface area contributed by atoms with Crippen LogP contribution in [0.4, 0.5) is 5.69 Å². The van der Waals surface area contributed by atoms with Gasteiger partial charge in [-0.1, -0.05) is 25.5 Å². The molecule has 0 bridgehead atoms. The predicted molar refractivity (Wildman–Crippen MR) is 64.2 cm³/mol. The summed E-state index contributed by atoms with van der Waals surface area (Å²) in [6.45, 7) is 4.40. The molecule has 0 radical (unpaired) electrons. The summed E-state index contributed by atoms with van der Waals surface area (Å²) in [5.74, 6) is 0.256. The third-order valence-electron chi connectivity index (χ3n) is 2.32. The number of hydrogen-bond acceptors (Lipinski definition) is 4. The smallest absolute Gasteiger partial charge is 0.313 e. The van der Waals surface area contributed by atoms with Crippen LogP contribution < -0.4 is 4.74 Å². The van der Waals surface area contributed by atoms with Crippen LogP contribution in [0.25, 0.3) is 0 Å². The molecular formula is C12H17NO4. The van der Waals surface area contributed by atoms with E-state index in [0.29, 0.717) is 12.2 Å². The van der Waals surface area contributed by atoms with E-state index in [2.05, 4.69) is 6.92 Å². The lowest BCUT2D eigenvalue weighted by molar-refractivity contribution is -0.386. The van der Waals surface area contributed by atoms with Crippen LogP contribution in [-0.4, -0.2) is 18.3 Å². The monoisotopic (exact) mass is 239 g/mol. The minimum atomic E-state index is -0.434. The molecule has 1 rings (SSSR count). The highest BCUT2D eigenvalue weighted by Gasteiger charge is 2.17. The fraction of sp³-hybridized carbons (Fsp3) is 0.500. The lowest BCUT2D eigenvalue weighted by Crippen LogP contribution is -2.06. The third-order valence-corrected chi connectivity index (χ3v) is 2.32. The summed E-state index contributed by atoms with van der Waals surface area (Å²) in [6.07, 6.45) is 2.00. The number of para-hydroxylation sites is 1. The lowest BCUT2D eigenvalue weighted by Gasteiger charge is -2.08. The molecule has 94 valence electrons. The van der Waals surface area contributed by atoms with Crippen LogP contribution in [0.15, 0.2) is 18.2 Å². The highest BCUT2D eigenvalue weighted by molar-refractivity contribution is 5.51. The number of aryl methyl sites for hydroxylation is 1. The van der Waals surface area contributed by atoms with Gasteiger partial charge in [-0.2, -0.15) is 0 Å². The minimum absolute atomic E-state index is 0.00610. The fourth-order valence-electron chi connectivity index (χ4n) is 1.39. The Morgan fingerprint density at radius 3 is 2.82 bits per heavy atom. The number of nitro groups is 1. The van der Waals surface area contributed by atoms with E-state index in [0.717, 1.165) is 12.8 Å². The van der Waals surface area contributed by atoms with Crippen LogP contribution >= 0.6 is 0 Å². The zero-order valence-electron chi connectivity index (χ0n) is 10.1. The molecule has 17 heavy (non-hydrogen) atoms. The van der Waals surface area contributed by atoms with Gasteiger partial charge in [0.15, 0.2) is 12.5 Å². The molecule has 1 aromatic rings. The van der Waals surface area contributed by atoms with Crippen molar-refractivity contribution in [3.05, 3.63) is 33.9 Å². The molecule has 5 heteroatoms. The summed E-state index contributed by atoms with van der Waals surface area (Å²) in [6, 6.07) is 4.99. The van der Waals surface area contributed by atoms with Crippen molar-refractivity contribution in [2.24, 2.45) is 0 Å². The quantitative estimate of drug-likeness (QED) is 0.317. The maximum absolute atomic E-state index is 10.9. The van der Waals surface area contributed by atoms with Crippen molar-refractivity contribution >= 4 is 5.69 Å². The van der Waals surface area contributed by atoms with E-state index < -0.39 is 4.92 Å². The standard InChI is InChI=1S/C12H17NO4/c1-3-4-8-16-9-17-11-7-5-6-10(2)12(11)13(14)15/h5-7H,3-4,8-9H2,1-2H3. The van der Waals surface area contributed by atoms with Crippen LogP contribution in [0, 0.1) is 17.0 Å². The molecule has 0 spiro atoms. The summed E-state index contributed by atoms with van der Waals surface area (Å²) in [7, 11) is 0. The number of rotatable bonds is 7. The second-order valence-electron chi connectivity index (χ2n) is 3.70. The summed E-state index contributed by atoms with van der Waals surface area (Å²) < 4.78 is 10.5. The molecule has 0 heterocycles. The Morgan fingerprint density at radius 1 is 1.41 bits per heavy atom. The Morgan fingerprint density at radius 2 is 2.18 bits per heavy atom. The van der Waals surface area contributed by atoms with Gasteiger partial charge in [0.25, 0.3) is 0 Å². The van der Waals surface area contributed by atoms with Gasteiger partial charge >= 0.3 is 5.69 Å². The van der Waals surface area contributed by atoms with Gasteiger partial charge in [0.2, 0.25) is 0 Å². The van der Waals surface area contributed by atoms with Gasteiger partial charge < -0.3 is 9.47 Å². The summed E-state index contributed by atoms with van der Waals surface area (Å²) in [5.41, 5.74) is 0.590. The summed E-state index contributed by atoms with van der Waals surface area (Å²) in [4.78, 5) is 10.4. The van der Waals surface area contributed by atoms with Gasteiger partial charge in [-0.3, -0.25) is 10.1 Å². The normalized spacial score (nSPS) is 10.2. The highest BCUT2D eigenvalue weighted by atomic mass is 16.7. The van der Waals surface area contributed by atoms with Crippen LogP contribution in [0.3, 0.4) is 0 Å².